The summed E-state index contributed by atoms with van der Waals surface area (Å²) in [5.41, 5.74) is 0.322. The van der Waals surface area contributed by atoms with Crippen LogP contribution in [0.3, 0.4) is 0 Å². The Morgan fingerprint density at radius 1 is 1.12 bits per heavy atom. The van der Waals surface area contributed by atoms with E-state index in [4.69, 9.17) is 14.2 Å². The summed E-state index contributed by atoms with van der Waals surface area (Å²) in [5, 5.41) is 11.9. The van der Waals surface area contributed by atoms with Gasteiger partial charge in [-0.05, 0) is 31.2 Å². The Labute approximate surface area is 190 Å². The molecular weight excluding hydrogens is 432 g/mol. The minimum Gasteiger partial charge on any atom is -0.497 e. The molecule has 0 bridgehead atoms. The van der Waals surface area contributed by atoms with Crippen molar-refractivity contribution in [1.29, 1.82) is 0 Å². The van der Waals surface area contributed by atoms with Gasteiger partial charge in [0.2, 0.25) is 10.6 Å². The molecule has 9 nitrogen and oxygen atoms in total. The van der Waals surface area contributed by atoms with E-state index >= 15 is 0 Å². The van der Waals surface area contributed by atoms with Gasteiger partial charge in [0.1, 0.15) is 23.1 Å². The summed E-state index contributed by atoms with van der Waals surface area (Å²) in [5.74, 6) is 1.43. The SMILES string of the molecule is COc1ccc(OCCn2ccc(=O)c(OCC(=O)Nc3nnc(C(C)C)s3)c2C)cc1. The number of pyridine rings is 1. The Hall–Kier alpha value is -3.40. The Bertz CT molecular complexity index is 1110. The van der Waals surface area contributed by atoms with Crippen LogP contribution in [0, 0.1) is 6.92 Å². The lowest BCUT2D eigenvalue weighted by molar-refractivity contribution is -0.118. The van der Waals surface area contributed by atoms with Gasteiger partial charge in [0.05, 0.1) is 19.3 Å². The second-order valence-corrected chi connectivity index (χ2v) is 8.26. The van der Waals surface area contributed by atoms with Crippen molar-refractivity contribution in [3.05, 3.63) is 57.5 Å². The minimum atomic E-state index is -0.409. The Morgan fingerprint density at radius 2 is 1.84 bits per heavy atom. The van der Waals surface area contributed by atoms with E-state index in [1.807, 2.05) is 42.7 Å². The fourth-order valence-corrected chi connectivity index (χ4v) is 3.58. The average Bonchev–Trinajstić information content (AvgIpc) is 3.24. The van der Waals surface area contributed by atoms with Gasteiger partial charge in [-0.3, -0.25) is 14.9 Å². The third kappa shape index (κ3) is 6.07. The molecule has 0 saturated heterocycles. The topological polar surface area (TPSA) is 105 Å². The van der Waals surface area contributed by atoms with E-state index in [-0.39, 0.29) is 23.7 Å². The van der Waals surface area contributed by atoms with E-state index in [0.717, 1.165) is 16.5 Å². The molecule has 10 heteroatoms. The molecule has 0 spiro atoms. The molecule has 0 aliphatic rings. The lowest BCUT2D eigenvalue weighted by atomic mass is 10.2. The predicted octanol–water partition coefficient (Wildman–Crippen LogP) is 3.24. The molecular formula is C22H26N4O5S. The van der Waals surface area contributed by atoms with Crippen molar-refractivity contribution < 1.29 is 19.0 Å². The summed E-state index contributed by atoms with van der Waals surface area (Å²) in [6.07, 6.45) is 1.68. The van der Waals surface area contributed by atoms with E-state index in [1.54, 1.807) is 20.2 Å². The molecule has 3 rings (SSSR count). The van der Waals surface area contributed by atoms with Crippen LogP contribution >= 0.6 is 11.3 Å². The molecule has 0 saturated carbocycles. The summed E-state index contributed by atoms with van der Waals surface area (Å²) in [6.45, 7) is 6.36. The van der Waals surface area contributed by atoms with Crippen LogP contribution in [-0.2, 0) is 11.3 Å². The van der Waals surface area contributed by atoms with Crippen LogP contribution in [-0.4, -0.2) is 41.0 Å². The number of carbonyl (C=O) groups is 1. The smallest absolute Gasteiger partial charge is 0.264 e. The van der Waals surface area contributed by atoms with Gasteiger partial charge in [0.15, 0.2) is 12.4 Å². The molecule has 0 radical (unpaired) electrons. The first-order valence-electron chi connectivity index (χ1n) is 10.1. The number of ether oxygens (including phenoxy) is 3. The van der Waals surface area contributed by atoms with Crippen molar-refractivity contribution >= 4 is 22.4 Å². The van der Waals surface area contributed by atoms with Crippen molar-refractivity contribution in [2.75, 3.05) is 25.6 Å². The first-order chi connectivity index (χ1) is 15.4. The van der Waals surface area contributed by atoms with Crippen LogP contribution in [0.25, 0.3) is 0 Å². The number of hydrogen-bond donors (Lipinski definition) is 1. The van der Waals surface area contributed by atoms with Gasteiger partial charge >= 0.3 is 0 Å². The van der Waals surface area contributed by atoms with Crippen LogP contribution in [0.5, 0.6) is 17.2 Å². The van der Waals surface area contributed by atoms with Gasteiger partial charge in [-0.25, -0.2) is 0 Å². The summed E-state index contributed by atoms with van der Waals surface area (Å²) in [7, 11) is 1.61. The minimum absolute atomic E-state index is 0.132. The number of anilines is 1. The first-order valence-corrected chi connectivity index (χ1v) is 10.9. The highest BCUT2D eigenvalue weighted by atomic mass is 32.1. The molecule has 3 aromatic rings. The van der Waals surface area contributed by atoms with E-state index in [0.29, 0.717) is 24.0 Å². The standard InChI is InChI=1S/C22H26N4O5S/c1-14(2)21-24-25-22(32-21)23-19(28)13-31-20-15(3)26(10-9-18(20)27)11-12-30-17-7-5-16(29-4)6-8-17/h5-10,14H,11-13H2,1-4H3,(H,23,25,28). The van der Waals surface area contributed by atoms with Gasteiger partial charge in [-0.1, -0.05) is 25.2 Å². The lowest BCUT2D eigenvalue weighted by Crippen LogP contribution is -2.24. The number of aromatic nitrogens is 3. The third-order valence-electron chi connectivity index (χ3n) is 4.58. The fraction of sp³-hybridized carbons (Fsp3) is 0.364. The largest absolute Gasteiger partial charge is 0.497 e. The van der Waals surface area contributed by atoms with Crippen molar-refractivity contribution in [3.63, 3.8) is 0 Å². The first kappa shape index (κ1) is 23.3. The summed E-state index contributed by atoms with van der Waals surface area (Å²) >= 11 is 1.31. The number of methoxy groups -OCH3 is 1. The van der Waals surface area contributed by atoms with E-state index in [1.165, 1.54) is 17.4 Å². The Morgan fingerprint density at radius 3 is 2.50 bits per heavy atom. The molecule has 2 heterocycles. The molecule has 1 amide bonds. The van der Waals surface area contributed by atoms with E-state index in [2.05, 4.69) is 15.5 Å². The molecule has 2 aromatic heterocycles. The maximum Gasteiger partial charge on any atom is 0.264 e. The van der Waals surface area contributed by atoms with Gasteiger partial charge in [0.25, 0.3) is 5.91 Å². The zero-order chi connectivity index (χ0) is 23.1. The number of rotatable bonds is 10. The maximum absolute atomic E-state index is 12.3. The molecule has 1 aromatic carbocycles. The van der Waals surface area contributed by atoms with E-state index in [9.17, 15) is 9.59 Å². The number of benzene rings is 1. The summed E-state index contributed by atoms with van der Waals surface area (Å²) < 4.78 is 18.3. The molecule has 170 valence electrons. The van der Waals surface area contributed by atoms with Gasteiger partial charge in [-0.15, -0.1) is 10.2 Å². The second-order valence-electron chi connectivity index (χ2n) is 7.25. The molecule has 0 atom stereocenters. The normalized spacial score (nSPS) is 10.8. The molecule has 0 aliphatic heterocycles. The zero-order valence-electron chi connectivity index (χ0n) is 18.5. The van der Waals surface area contributed by atoms with Crippen LogP contribution in [0.4, 0.5) is 5.13 Å². The summed E-state index contributed by atoms with van der Waals surface area (Å²) in [6, 6.07) is 8.71. The van der Waals surface area contributed by atoms with Crippen molar-refractivity contribution in [2.24, 2.45) is 0 Å². The Balaban J connectivity index is 1.56. The van der Waals surface area contributed by atoms with Crippen LogP contribution < -0.4 is 25.0 Å². The molecule has 0 aliphatic carbocycles. The monoisotopic (exact) mass is 458 g/mol. The van der Waals surface area contributed by atoms with Crippen molar-refractivity contribution in [3.8, 4) is 17.2 Å². The number of nitrogens with one attached hydrogen (secondary N) is 1. The number of carbonyl (C=O) groups excluding carboxylic acids is 1. The van der Waals surface area contributed by atoms with Gasteiger partial charge in [0, 0.05) is 18.2 Å². The highest BCUT2D eigenvalue weighted by molar-refractivity contribution is 7.15. The van der Waals surface area contributed by atoms with Crippen molar-refractivity contribution in [2.45, 2.75) is 33.2 Å². The highest BCUT2D eigenvalue weighted by Gasteiger charge is 2.14. The molecule has 32 heavy (non-hydrogen) atoms. The zero-order valence-corrected chi connectivity index (χ0v) is 19.3. The molecule has 1 N–H and O–H groups in total. The lowest BCUT2D eigenvalue weighted by Gasteiger charge is -2.15. The highest BCUT2D eigenvalue weighted by Crippen LogP contribution is 2.22. The number of nitrogens with zero attached hydrogens (tertiary/aromatic N) is 3. The number of amides is 1. The third-order valence-corrected chi connectivity index (χ3v) is 5.72. The van der Waals surface area contributed by atoms with Crippen LogP contribution in [0.1, 0.15) is 30.5 Å². The van der Waals surface area contributed by atoms with Crippen LogP contribution in [0.2, 0.25) is 0 Å². The number of hydrogen-bond acceptors (Lipinski definition) is 8. The van der Waals surface area contributed by atoms with Gasteiger partial charge < -0.3 is 18.8 Å². The van der Waals surface area contributed by atoms with E-state index < -0.39 is 5.91 Å². The maximum atomic E-state index is 12.3. The van der Waals surface area contributed by atoms with Crippen LogP contribution in [0.15, 0.2) is 41.3 Å². The Kier molecular flexibility index (Phi) is 7.82. The molecule has 0 fully saturated rings. The quantitative estimate of drug-likeness (QED) is 0.497. The predicted molar refractivity (Wildman–Crippen MR) is 122 cm³/mol. The van der Waals surface area contributed by atoms with Crippen molar-refractivity contribution in [1.82, 2.24) is 14.8 Å². The van der Waals surface area contributed by atoms with Gasteiger partial charge in [-0.2, -0.15) is 0 Å². The second kappa shape index (κ2) is 10.8. The summed E-state index contributed by atoms with van der Waals surface area (Å²) in [4.78, 5) is 24.5. The average molecular weight is 459 g/mol. The fourth-order valence-electron chi connectivity index (χ4n) is 2.82. The molecule has 0 unspecified atom stereocenters.